The number of carboxylic acid groups (broad SMARTS) is 1. The van der Waals surface area contributed by atoms with Crippen molar-refractivity contribution < 1.29 is 19.4 Å². The molecule has 1 fully saturated rings. The van der Waals surface area contributed by atoms with Crippen molar-refractivity contribution in [1.82, 2.24) is 4.98 Å². The molecule has 0 unspecified atom stereocenters. The van der Waals surface area contributed by atoms with E-state index in [-0.39, 0.29) is 11.7 Å². The Bertz CT molecular complexity index is 348. The molecule has 1 saturated heterocycles. The fourth-order valence-corrected chi connectivity index (χ4v) is 1.07. The van der Waals surface area contributed by atoms with Gasteiger partial charge in [-0.2, -0.15) is 0 Å². The number of pyridine rings is 1. The molecule has 1 aromatic rings. The molecule has 2 heterocycles. The van der Waals surface area contributed by atoms with E-state index in [0.29, 0.717) is 19.0 Å². The molecule has 1 aliphatic heterocycles. The maximum Gasteiger partial charge on any atom is 0.337 e. The van der Waals surface area contributed by atoms with Crippen LogP contribution in [-0.4, -0.2) is 35.4 Å². The van der Waals surface area contributed by atoms with E-state index in [2.05, 4.69) is 4.98 Å². The highest BCUT2D eigenvalue weighted by Crippen LogP contribution is 2.16. The lowest BCUT2D eigenvalue weighted by Crippen LogP contribution is -2.38. The number of aromatic nitrogens is 1. The lowest BCUT2D eigenvalue weighted by Gasteiger charge is -2.26. The molecule has 0 aromatic carbocycles. The van der Waals surface area contributed by atoms with Gasteiger partial charge in [0.15, 0.2) is 0 Å². The SMILES string of the molecule is O=C(O)c1cncc(OC2COC2)c1. The van der Waals surface area contributed by atoms with E-state index in [4.69, 9.17) is 14.6 Å². The second kappa shape index (κ2) is 3.63. The summed E-state index contributed by atoms with van der Waals surface area (Å²) in [6.07, 6.45) is 2.80. The van der Waals surface area contributed by atoms with Crippen molar-refractivity contribution in [2.24, 2.45) is 0 Å². The third-order valence-electron chi connectivity index (χ3n) is 1.87. The summed E-state index contributed by atoms with van der Waals surface area (Å²) in [4.78, 5) is 14.4. The summed E-state index contributed by atoms with van der Waals surface area (Å²) in [6, 6.07) is 1.45. The predicted octanol–water partition coefficient (Wildman–Crippen LogP) is 0.557. The third kappa shape index (κ3) is 1.82. The lowest BCUT2D eigenvalue weighted by molar-refractivity contribution is -0.0798. The van der Waals surface area contributed by atoms with Crippen molar-refractivity contribution in [3.8, 4) is 5.75 Å². The quantitative estimate of drug-likeness (QED) is 0.763. The molecule has 0 atom stereocenters. The minimum atomic E-state index is -1.01. The van der Waals surface area contributed by atoms with Crippen LogP contribution in [0, 0.1) is 0 Å². The smallest absolute Gasteiger partial charge is 0.337 e. The number of carbonyl (C=O) groups is 1. The summed E-state index contributed by atoms with van der Waals surface area (Å²) in [5.41, 5.74) is 0.128. The lowest BCUT2D eigenvalue weighted by atomic mass is 10.2. The average Bonchev–Trinajstić information content (AvgIpc) is 2.12. The summed E-state index contributed by atoms with van der Waals surface area (Å²) >= 11 is 0. The Kier molecular flexibility index (Phi) is 2.32. The molecule has 1 aliphatic rings. The first kappa shape index (κ1) is 8.96. The predicted molar refractivity (Wildman–Crippen MR) is 46.4 cm³/mol. The molecule has 5 heteroatoms. The van der Waals surface area contributed by atoms with Crippen LogP contribution in [0.2, 0.25) is 0 Å². The highest BCUT2D eigenvalue weighted by Gasteiger charge is 2.20. The minimum absolute atomic E-state index is 0.0286. The van der Waals surface area contributed by atoms with E-state index in [1.54, 1.807) is 0 Å². The number of ether oxygens (including phenoxy) is 2. The molecule has 0 amide bonds. The Labute approximate surface area is 80.3 Å². The van der Waals surface area contributed by atoms with Gasteiger partial charge in [0.2, 0.25) is 0 Å². The summed E-state index contributed by atoms with van der Waals surface area (Å²) < 4.78 is 10.3. The van der Waals surface area contributed by atoms with Crippen molar-refractivity contribution in [2.75, 3.05) is 13.2 Å². The largest absolute Gasteiger partial charge is 0.484 e. The van der Waals surface area contributed by atoms with Crippen LogP contribution in [0.3, 0.4) is 0 Å². The molecule has 2 rings (SSSR count). The number of carboxylic acids is 1. The van der Waals surface area contributed by atoms with Crippen LogP contribution in [0.5, 0.6) is 5.75 Å². The molecule has 0 bridgehead atoms. The Hall–Kier alpha value is -1.62. The molecule has 0 spiro atoms. The average molecular weight is 195 g/mol. The number of nitrogens with zero attached hydrogens (tertiary/aromatic N) is 1. The molecular weight excluding hydrogens is 186 g/mol. The first-order valence-corrected chi connectivity index (χ1v) is 4.18. The van der Waals surface area contributed by atoms with Gasteiger partial charge in [0.05, 0.1) is 25.0 Å². The van der Waals surface area contributed by atoms with Gasteiger partial charge < -0.3 is 14.6 Å². The molecule has 5 nitrogen and oxygen atoms in total. The standard InChI is InChI=1S/C9H9NO4/c11-9(12)6-1-7(3-10-2-6)14-8-4-13-5-8/h1-3,8H,4-5H2,(H,11,12). The van der Waals surface area contributed by atoms with Gasteiger partial charge >= 0.3 is 5.97 Å². The van der Waals surface area contributed by atoms with Crippen LogP contribution in [0.25, 0.3) is 0 Å². The zero-order valence-corrected chi connectivity index (χ0v) is 7.34. The number of rotatable bonds is 3. The van der Waals surface area contributed by atoms with Gasteiger partial charge in [0, 0.05) is 6.20 Å². The van der Waals surface area contributed by atoms with Gasteiger partial charge in [0.25, 0.3) is 0 Å². The maximum absolute atomic E-state index is 10.6. The first-order chi connectivity index (χ1) is 6.75. The van der Waals surface area contributed by atoms with Crippen molar-refractivity contribution in [2.45, 2.75) is 6.10 Å². The highest BCUT2D eigenvalue weighted by atomic mass is 16.6. The highest BCUT2D eigenvalue weighted by molar-refractivity contribution is 5.87. The molecular formula is C9H9NO4. The molecule has 14 heavy (non-hydrogen) atoms. The summed E-state index contributed by atoms with van der Waals surface area (Å²) in [5.74, 6) is -0.536. The van der Waals surface area contributed by atoms with Crippen LogP contribution in [0.15, 0.2) is 18.5 Å². The van der Waals surface area contributed by atoms with Crippen molar-refractivity contribution in [3.63, 3.8) is 0 Å². The molecule has 0 radical (unpaired) electrons. The number of hydrogen-bond acceptors (Lipinski definition) is 4. The fourth-order valence-electron chi connectivity index (χ4n) is 1.07. The first-order valence-electron chi connectivity index (χ1n) is 4.18. The molecule has 0 aliphatic carbocycles. The van der Waals surface area contributed by atoms with Crippen LogP contribution in [0.4, 0.5) is 0 Å². The van der Waals surface area contributed by atoms with Gasteiger partial charge in [-0.3, -0.25) is 4.98 Å². The molecule has 0 saturated carbocycles. The van der Waals surface area contributed by atoms with Gasteiger partial charge in [0.1, 0.15) is 11.9 Å². The van der Waals surface area contributed by atoms with E-state index >= 15 is 0 Å². The normalized spacial score (nSPS) is 16.0. The maximum atomic E-state index is 10.6. The molecule has 1 aromatic heterocycles. The Morgan fingerprint density at radius 1 is 1.57 bits per heavy atom. The Morgan fingerprint density at radius 3 is 2.93 bits per heavy atom. The second-order valence-corrected chi connectivity index (χ2v) is 2.99. The van der Waals surface area contributed by atoms with Crippen molar-refractivity contribution in [1.29, 1.82) is 0 Å². The van der Waals surface area contributed by atoms with Crippen LogP contribution < -0.4 is 4.74 Å². The minimum Gasteiger partial charge on any atom is -0.484 e. The van der Waals surface area contributed by atoms with Crippen LogP contribution in [0.1, 0.15) is 10.4 Å². The topological polar surface area (TPSA) is 68.7 Å². The van der Waals surface area contributed by atoms with Crippen molar-refractivity contribution in [3.05, 3.63) is 24.0 Å². The van der Waals surface area contributed by atoms with E-state index in [0.717, 1.165) is 0 Å². The zero-order valence-electron chi connectivity index (χ0n) is 7.34. The van der Waals surface area contributed by atoms with Gasteiger partial charge in [-0.05, 0) is 6.07 Å². The van der Waals surface area contributed by atoms with Gasteiger partial charge in [-0.1, -0.05) is 0 Å². The fraction of sp³-hybridized carbons (Fsp3) is 0.333. The van der Waals surface area contributed by atoms with E-state index < -0.39 is 5.97 Å². The molecule has 74 valence electrons. The molecule has 1 N–H and O–H groups in total. The van der Waals surface area contributed by atoms with Gasteiger partial charge in [-0.15, -0.1) is 0 Å². The van der Waals surface area contributed by atoms with Gasteiger partial charge in [-0.25, -0.2) is 4.79 Å². The third-order valence-corrected chi connectivity index (χ3v) is 1.87. The second-order valence-electron chi connectivity index (χ2n) is 2.99. The Balaban J connectivity index is 2.09. The number of aromatic carboxylic acids is 1. The summed E-state index contributed by atoms with van der Waals surface area (Å²) in [5, 5.41) is 8.69. The van der Waals surface area contributed by atoms with E-state index in [1.807, 2.05) is 0 Å². The van der Waals surface area contributed by atoms with E-state index in [9.17, 15) is 4.79 Å². The van der Waals surface area contributed by atoms with Crippen molar-refractivity contribution >= 4 is 5.97 Å². The number of hydrogen-bond donors (Lipinski definition) is 1. The zero-order chi connectivity index (χ0) is 9.97. The van der Waals surface area contributed by atoms with Crippen LogP contribution in [-0.2, 0) is 4.74 Å². The monoisotopic (exact) mass is 195 g/mol. The van der Waals surface area contributed by atoms with E-state index in [1.165, 1.54) is 18.5 Å². The Morgan fingerprint density at radius 2 is 2.36 bits per heavy atom. The summed E-state index contributed by atoms with van der Waals surface area (Å²) in [7, 11) is 0. The summed E-state index contributed by atoms with van der Waals surface area (Å²) in [6.45, 7) is 1.11. The van der Waals surface area contributed by atoms with Crippen LogP contribution >= 0.6 is 0 Å².